The van der Waals surface area contributed by atoms with Gasteiger partial charge in [0.25, 0.3) is 0 Å². The van der Waals surface area contributed by atoms with Crippen LogP contribution >= 0.6 is 0 Å². The third kappa shape index (κ3) is 12.0. The fourth-order valence-corrected chi connectivity index (χ4v) is 4.44. The largest absolute Gasteiger partial charge is 0.498 e. The lowest BCUT2D eigenvalue weighted by molar-refractivity contribution is -0.144. The van der Waals surface area contributed by atoms with Crippen LogP contribution in [0.5, 0.6) is 0 Å². The molecular weight excluding hydrogens is 468 g/mol. The third-order valence-electron chi connectivity index (χ3n) is 7.59. The molecule has 0 N–H and O–H groups in total. The highest BCUT2D eigenvalue weighted by molar-refractivity contribution is 5.81. The van der Waals surface area contributed by atoms with Crippen LogP contribution in [-0.2, 0) is 19.0 Å². The third-order valence-corrected chi connectivity index (χ3v) is 7.59. The second kappa shape index (κ2) is 16.9. The van der Waals surface area contributed by atoms with E-state index in [0.29, 0.717) is 13.2 Å². The summed E-state index contributed by atoms with van der Waals surface area (Å²) in [6.45, 7) is 23.7. The van der Waals surface area contributed by atoms with Gasteiger partial charge in [-0.25, -0.2) is 4.79 Å². The minimum Gasteiger partial charge on any atom is -0.498 e. The van der Waals surface area contributed by atoms with E-state index in [1.54, 1.807) is 0 Å². The van der Waals surface area contributed by atoms with E-state index >= 15 is 0 Å². The van der Waals surface area contributed by atoms with Crippen molar-refractivity contribution >= 4 is 5.97 Å². The molecule has 0 aromatic rings. The highest BCUT2D eigenvalue weighted by Gasteiger charge is 2.33. The molecule has 8 heteroatoms. The van der Waals surface area contributed by atoms with Crippen molar-refractivity contribution in [1.82, 2.24) is 19.6 Å². The van der Waals surface area contributed by atoms with E-state index in [2.05, 4.69) is 66.8 Å². The Hall–Kier alpha value is -1.87. The number of hydrogen-bond acceptors (Lipinski definition) is 8. The first-order valence-electron chi connectivity index (χ1n) is 14.0. The van der Waals surface area contributed by atoms with Crippen molar-refractivity contribution in [1.29, 1.82) is 0 Å². The minimum absolute atomic E-state index is 0.220. The van der Waals surface area contributed by atoms with Gasteiger partial charge in [-0.2, -0.15) is 0 Å². The molecule has 2 rings (SSSR count). The van der Waals surface area contributed by atoms with E-state index in [9.17, 15) is 4.79 Å². The van der Waals surface area contributed by atoms with E-state index in [0.717, 1.165) is 103 Å². The topological polar surface area (TPSA) is 57.7 Å². The fraction of sp³-hybridized carbons (Fsp3) is 0.759. The Labute approximate surface area is 225 Å². The molecule has 0 saturated carbocycles. The monoisotopic (exact) mass is 520 g/mol. The molecule has 0 radical (unpaired) electrons. The average Bonchev–Trinajstić information content (AvgIpc) is 2.91. The molecule has 2 aliphatic rings. The molecule has 2 fully saturated rings. The van der Waals surface area contributed by atoms with Gasteiger partial charge in [0.2, 0.25) is 0 Å². The number of carbonyl (C=O) groups excluding carboxylic acids is 1. The summed E-state index contributed by atoms with van der Waals surface area (Å²) >= 11 is 0. The summed E-state index contributed by atoms with van der Waals surface area (Å²) in [5.74, 6) is 1.35. The van der Waals surface area contributed by atoms with Crippen LogP contribution in [0.25, 0.3) is 0 Å². The number of likely N-dealkylation sites (N-methyl/N-ethyl adjacent to an activating group) is 2. The van der Waals surface area contributed by atoms with Gasteiger partial charge < -0.3 is 33.8 Å². The standard InChI is InChI=1S/C29H52N4O4/c1-7-10-27(12-14-33-21-17-31(6)18-22-33)36-24-29(9-3,25-37-28(34)8-2)23-35-26(4)11-13-32-19-15-30(5)16-20-32/h8,10H,2,4,7,9,11-25H2,1,3,5-6H3. The molecule has 1 unspecified atom stereocenters. The fourth-order valence-electron chi connectivity index (χ4n) is 4.44. The van der Waals surface area contributed by atoms with Crippen molar-refractivity contribution in [3.05, 3.63) is 36.8 Å². The van der Waals surface area contributed by atoms with Gasteiger partial charge in [-0.3, -0.25) is 0 Å². The van der Waals surface area contributed by atoms with Crippen LogP contribution in [-0.4, -0.2) is 125 Å². The van der Waals surface area contributed by atoms with Crippen LogP contribution in [0.4, 0.5) is 0 Å². The van der Waals surface area contributed by atoms with E-state index < -0.39 is 11.4 Å². The minimum atomic E-state index is -0.462. The highest BCUT2D eigenvalue weighted by atomic mass is 16.5. The molecule has 2 aliphatic heterocycles. The summed E-state index contributed by atoms with van der Waals surface area (Å²) in [7, 11) is 4.34. The quantitative estimate of drug-likeness (QED) is 0.165. The lowest BCUT2D eigenvalue weighted by Gasteiger charge is -2.34. The van der Waals surface area contributed by atoms with Crippen molar-refractivity contribution in [3.63, 3.8) is 0 Å². The molecule has 0 aromatic heterocycles. The molecule has 0 aromatic carbocycles. The summed E-state index contributed by atoms with van der Waals surface area (Å²) in [6, 6.07) is 0. The zero-order chi connectivity index (χ0) is 27.1. The first kappa shape index (κ1) is 31.3. The van der Waals surface area contributed by atoms with Gasteiger partial charge in [-0.05, 0) is 33.0 Å². The maximum atomic E-state index is 11.9. The molecule has 0 aliphatic carbocycles. The SMILES string of the molecule is C=CC(=O)OCC(CC)(COC(=C)CCN1CCN(C)CC1)COC(=CCC)CCN1CCN(C)CC1. The van der Waals surface area contributed by atoms with E-state index in [1.165, 1.54) is 6.08 Å². The van der Waals surface area contributed by atoms with E-state index in [4.69, 9.17) is 14.2 Å². The van der Waals surface area contributed by atoms with Crippen molar-refractivity contribution < 1.29 is 19.0 Å². The molecule has 2 saturated heterocycles. The van der Waals surface area contributed by atoms with Crippen LogP contribution in [0.2, 0.25) is 0 Å². The van der Waals surface area contributed by atoms with Crippen LogP contribution in [0.15, 0.2) is 36.8 Å². The number of nitrogens with zero attached hydrogens (tertiary/aromatic N) is 4. The maximum absolute atomic E-state index is 11.9. The van der Waals surface area contributed by atoms with Gasteiger partial charge in [-0.1, -0.05) is 27.0 Å². The van der Waals surface area contributed by atoms with Gasteiger partial charge >= 0.3 is 5.97 Å². The molecular formula is C29H52N4O4. The van der Waals surface area contributed by atoms with Gasteiger partial charge in [0.15, 0.2) is 0 Å². The van der Waals surface area contributed by atoms with Crippen LogP contribution < -0.4 is 0 Å². The first-order valence-corrected chi connectivity index (χ1v) is 14.0. The van der Waals surface area contributed by atoms with E-state index in [-0.39, 0.29) is 6.61 Å². The average molecular weight is 521 g/mol. The number of ether oxygens (including phenoxy) is 3. The summed E-state index contributed by atoms with van der Waals surface area (Å²) < 4.78 is 18.1. The van der Waals surface area contributed by atoms with Gasteiger partial charge in [0.1, 0.15) is 6.61 Å². The van der Waals surface area contributed by atoms with Gasteiger partial charge in [0, 0.05) is 84.4 Å². The van der Waals surface area contributed by atoms with E-state index in [1.807, 2.05) is 0 Å². The van der Waals surface area contributed by atoms with Crippen molar-refractivity contribution in [2.24, 2.45) is 5.41 Å². The summed E-state index contributed by atoms with van der Waals surface area (Å²) in [6.07, 6.45) is 6.71. The Morgan fingerprint density at radius 2 is 1.32 bits per heavy atom. The first-order chi connectivity index (χ1) is 17.8. The van der Waals surface area contributed by atoms with Crippen molar-refractivity contribution in [2.75, 3.05) is 99.4 Å². The number of carbonyl (C=O) groups is 1. The normalized spacial score (nSPS) is 20.3. The number of rotatable bonds is 17. The molecule has 2 heterocycles. The lowest BCUT2D eigenvalue weighted by Crippen LogP contribution is -2.44. The van der Waals surface area contributed by atoms with Crippen LogP contribution in [0, 0.1) is 5.41 Å². The zero-order valence-electron chi connectivity index (χ0n) is 24.0. The number of hydrogen-bond donors (Lipinski definition) is 0. The molecule has 0 bridgehead atoms. The Morgan fingerprint density at radius 1 is 0.811 bits per heavy atom. The molecule has 37 heavy (non-hydrogen) atoms. The number of allylic oxidation sites excluding steroid dienone is 1. The second-order valence-corrected chi connectivity index (χ2v) is 10.6. The highest BCUT2D eigenvalue weighted by Crippen LogP contribution is 2.27. The van der Waals surface area contributed by atoms with Crippen molar-refractivity contribution in [2.45, 2.75) is 39.5 Å². The molecule has 212 valence electrons. The molecule has 8 nitrogen and oxygen atoms in total. The zero-order valence-corrected chi connectivity index (χ0v) is 24.0. The number of piperazine rings is 2. The molecule has 1 atom stereocenters. The summed E-state index contributed by atoms with van der Waals surface area (Å²) in [5, 5.41) is 0. The van der Waals surface area contributed by atoms with Gasteiger partial charge in [0.05, 0.1) is 30.1 Å². The predicted octanol–water partition coefficient (Wildman–Crippen LogP) is 3.23. The smallest absolute Gasteiger partial charge is 0.330 e. The molecule has 0 spiro atoms. The van der Waals surface area contributed by atoms with Crippen molar-refractivity contribution in [3.8, 4) is 0 Å². The Morgan fingerprint density at radius 3 is 1.84 bits per heavy atom. The van der Waals surface area contributed by atoms with Gasteiger partial charge in [-0.15, -0.1) is 0 Å². The second-order valence-electron chi connectivity index (χ2n) is 10.6. The summed E-state index contributed by atoms with van der Waals surface area (Å²) in [5.41, 5.74) is -0.462. The summed E-state index contributed by atoms with van der Waals surface area (Å²) in [4.78, 5) is 21.6. The predicted molar refractivity (Wildman–Crippen MR) is 150 cm³/mol. The maximum Gasteiger partial charge on any atom is 0.330 e. The molecule has 0 amide bonds. The lowest BCUT2D eigenvalue weighted by atomic mass is 9.88. The van der Waals surface area contributed by atoms with Crippen LogP contribution in [0.3, 0.4) is 0 Å². The number of esters is 1. The Bertz CT molecular complexity index is 727. The van der Waals surface area contributed by atoms with Crippen LogP contribution in [0.1, 0.15) is 39.5 Å². The Kier molecular flexibility index (Phi) is 14.3. The Balaban J connectivity index is 1.91.